The van der Waals surface area contributed by atoms with Crippen molar-refractivity contribution in [2.75, 3.05) is 11.1 Å². The van der Waals surface area contributed by atoms with Crippen LogP contribution in [0.3, 0.4) is 0 Å². The van der Waals surface area contributed by atoms with Crippen LogP contribution >= 0.6 is 11.8 Å². The molecule has 8 nitrogen and oxygen atoms in total. The molecule has 4 aromatic rings. The number of nitrogens with one attached hydrogen (secondary N) is 1. The second-order valence-electron chi connectivity index (χ2n) is 7.52. The van der Waals surface area contributed by atoms with Crippen LogP contribution in [0.25, 0.3) is 10.8 Å². The summed E-state index contributed by atoms with van der Waals surface area (Å²) in [7, 11) is 0. The number of non-ortho nitro benzene ring substituents is 1. The Morgan fingerprint density at radius 1 is 0.886 bits per heavy atom. The largest absolute Gasteiger partial charge is 0.478 e. The van der Waals surface area contributed by atoms with Crippen LogP contribution in [0.4, 0.5) is 11.4 Å². The van der Waals surface area contributed by atoms with Crippen LogP contribution in [0, 0.1) is 10.1 Å². The van der Waals surface area contributed by atoms with Gasteiger partial charge in [-0.3, -0.25) is 19.7 Å². The van der Waals surface area contributed by atoms with Gasteiger partial charge in [0.25, 0.3) is 11.6 Å². The maximum Gasteiger partial charge on any atom is 0.336 e. The molecule has 0 bridgehead atoms. The number of benzene rings is 4. The number of nitro benzene ring substituents is 1. The van der Waals surface area contributed by atoms with Gasteiger partial charge in [-0.25, -0.2) is 4.79 Å². The van der Waals surface area contributed by atoms with Crippen LogP contribution in [0.1, 0.15) is 31.1 Å². The smallest absolute Gasteiger partial charge is 0.336 e. The van der Waals surface area contributed by atoms with Gasteiger partial charge in [0.05, 0.1) is 16.2 Å². The van der Waals surface area contributed by atoms with Crippen molar-refractivity contribution in [3.63, 3.8) is 0 Å². The first-order valence-corrected chi connectivity index (χ1v) is 11.4. The number of nitro groups is 1. The lowest BCUT2D eigenvalue weighted by atomic mass is 9.98. The predicted octanol–water partition coefficient (Wildman–Crippen LogP) is 5.67. The Morgan fingerprint density at radius 3 is 2.29 bits per heavy atom. The molecule has 0 aliphatic heterocycles. The highest BCUT2D eigenvalue weighted by Gasteiger charge is 2.17. The number of fused-ring (bicyclic) bond motifs is 1. The highest BCUT2D eigenvalue weighted by atomic mass is 32.2. The second-order valence-corrected chi connectivity index (χ2v) is 8.56. The topological polar surface area (TPSA) is 127 Å². The second kappa shape index (κ2) is 10.2. The predicted molar refractivity (Wildman–Crippen MR) is 133 cm³/mol. The van der Waals surface area contributed by atoms with Gasteiger partial charge in [0, 0.05) is 39.2 Å². The van der Waals surface area contributed by atoms with E-state index in [1.54, 1.807) is 54.6 Å². The first kappa shape index (κ1) is 23.7. The molecule has 0 radical (unpaired) electrons. The van der Waals surface area contributed by atoms with Crippen LogP contribution in [0.15, 0.2) is 89.8 Å². The van der Waals surface area contributed by atoms with E-state index in [1.165, 1.54) is 42.1 Å². The van der Waals surface area contributed by atoms with Crippen molar-refractivity contribution in [2.45, 2.75) is 4.90 Å². The molecule has 174 valence electrons. The van der Waals surface area contributed by atoms with E-state index in [4.69, 9.17) is 0 Å². The van der Waals surface area contributed by atoms with E-state index in [0.717, 1.165) is 0 Å². The molecule has 0 atom stereocenters. The number of ketones is 1. The van der Waals surface area contributed by atoms with Crippen molar-refractivity contribution in [3.8, 4) is 0 Å². The summed E-state index contributed by atoms with van der Waals surface area (Å²) in [5, 5.41) is 24.3. The Hall–Kier alpha value is -4.50. The van der Waals surface area contributed by atoms with Crippen molar-refractivity contribution < 1.29 is 24.4 Å². The maximum atomic E-state index is 13.0. The summed E-state index contributed by atoms with van der Waals surface area (Å²) in [5.74, 6) is -1.78. The fourth-order valence-electron chi connectivity index (χ4n) is 3.60. The molecule has 0 fully saturated rings. The fourth-order valence-corrected chi connectivity index (χ4v) is 4.45. The molecular formula is C26H18N2O6S. The Kier molecular flexibility index (Phi) is 6.88. The van der Waals surface area contributed by atoms with Crippen molar-refractivity contribution in [2.24, 2.45) is 0 Å². The Balaban J connectivity index is 1.50. The normalized spacial score (nSPS) is 10.6. The first-order chi connectivity index (χ1) is 16.8. The molecule has 2 N–H and O–H groups in total. The van der Waals surface area contributed by atoms with Crippen LogP contribution in [-0.4, -0.2) is 33.4 Å². The molecule has 0 unspecified atom stereocenters. The lowest BCUT2D eigenvalue weighted by Crippen LogP contribution is -2.13. The number of anilines is 1. The minimum atomic E-state index is -1.12. The Labute approximate surface area is 203 Å². The first-order valence-electron chi connectivity index (χ1n) is 10.4. The third-order valence-corrected chi connectivity index (χ3v) is 6.21. The molecular weight excluding hydrogens is 468 g/mol. The summed E-state index contributed by atoms with van der Waals surface area (Å²) < 4.78 is 0. The summed E-state index contributed by atoms with van der Waals surface area (Å²) >= 11 is 1.24. The zero-order valence-electron chi connectivity index (χ0n) is 18.1. The molecule has 0 saturated carbocycles. The van der Waals surface area contributed by atoms with Crippen LogP contribution in [0.2, 0.25) is 0 Å². The van der Waals surface area contributed by atoms with Gasteiger partial charge in [0.2, 0.25) is 0 Å². The number of thioether (sulfide) groups is 1. The number of rotatable bonds is 8. The number of Topliss-reactive ketones (excluding diaryl/α,β-unsaturated/α-hetero) is 1. The average Bonchev–Trinajstić information content (AvgIpc) is 2.86. The van der Waals surface area contributed by atoms with Crippen molar-refractivity contribution in [1.29, 1.82) is 0 Å². The number of carboxylic acids is 1. The number of amides is 1. The highest BCUT2D eigenvalue weighted by molar-refractivity contribution is 8.00. The van der Waals surface area contributed by atoms with E-state index >= 15 is 0 Å². The number of hydrogen-bond acceptors (Lipinski definition) is 6. The maximum absolute atomic E-state index is 13.0. The van der Waals surface area contributed by atoms with Gasteiger partial charge in [0.1, 0.15) is 0 Å². The van der Waals surface area contributed by atoms with Gasteiger partial charge in [0.15, 0.2) is 5.78 Å². The average molecular weight is 487 g/mol. The quantitative estimate of drug-likeness (QED) is 0.142. The number of nitrogens with zero attached hydrogens (tertiary/aromatic N) is 1. The van der Waals surface area contributed by atoms with E-state index in [1.807, 2.05) is 0 Å². The molecule has 0 heterocycles. The molecule has 0 aliphatic carbocycles. The number of aromatic carboxylic acids is 1. The molecule has 0 aliphatic rings. The number of carbonyl (C=O) groups excluding carboxylic acids is 2. The van der Waals surface area contributed by atoms with Gasteiger partial charge in [-0.15, -0.1) is 11.8 Å². The van der Waals surface area contributed by atoms with Crippen LogP contribution in [0.5, 0.6) is 0 Å². The molecule has 0 spiro atoms. The van der Waals surface area contributed by atoms with E-state index < -0.39 is 16.8 Å². The van der Waals surface area contributed by atoms with Crippen LogP contribution in [-0.2, 0) is 0 Å². The zero-order chi connectivity index (χ0) is 24.9. The minimum absolute atomic E-state index is 0.0391. The van der Waals surface area contributed by atoms with E-state index in [0.29, 0.717) is 21.4 Å². The standard InChI is InChI=1S/C26H18N2O6S/c29-23(17-7-1-9-19(13-17)28(33)34)15-35-20-10-4-8-18(14-20)27-25(30)21-11-2-5-16-6-3-12-22(24(16)21)26(31)32/h1-14H,15H2,(H,27,30)(H,31,32). The van der Waals surface area contributed by atoms with Gasteiger partial charge in [-0.1, -0.05) is 42.5 Å². The summed E-state index contributed by atoms with van der Waals surface area (Å²) in [4.78, 5) is 48.3. The van der Waals surface area contributed by atoms with E-state index in [2.05, 4.69) is 5.32 Å². The Morgan fingerprint density at radius 2 is 1.57 bits per heavy atom. The summed E-state index contributed by atoms with van der Waals surface area (Å²) in [5.41, 5.74) is 0.857. The summed E-state index contributed by atoms with van der Waals surface area (Å²) in [6.07, 6.45) is 0. The van der Waals surface area contributed by atoms with E-state index in [9.17, 15) is 29.6 Å². The molecule has 4 aromatic carbocycles. The van der Waals surface area contributed by atoms with Crippen LogP contribution < -0.4 is 5.32 Å². The monoisotopic (exact) mass is 486 g/mol. The van der Waals surface area contributed by atoms with Crippen molar-refractivity contribution in [3.05, 3.63) is 112 Å². The molecule has 0 aromatic heterocycles. The van der Waals surface area contributed by atoms with E-state index in [-0.39, 0.29) is 33.9 Å². The van der Waals surface area contributed by atoms with Crippen molar-refractivity contribution >= 4 is 51.6 Å². The molecule has 0 saturated heterocycles. The third kappa shape index (κ3) is 5.36. The lowest BCUT2D eigenvalue weighted by molar-refractivity contribution is -0.384. The third-order valence-electron chi connectivity index (χ3n) is 5.22. The molecule has 4 rings (SSSR count). The number of carbonyl (C=O) groups is 3. The molecule has 1 amide bonds. The fraction of sp³-hybridized carbons (Fsp3) is 0.0385. The Bertz CT molecular complexity index is 1480. The SMILES string of the molecule is O=C(CSc1cccc(NC(=O)c2cccc3cccc(C(=O)O)c23)c1)c1cccc([N+](=O)[O-])c1. The number of hydrogen-bond donors (Lipinski definition) is 2. The highest BCUT2D eigenvalue weighted by Crippen LogP contribution is 2.26. The lowest BCUT2D eigenvalue weighted by Gasteiger charge is -2.11. The molecule has 35 heavy (non-hydrogen) atoms. The van der Waals surface area contributed by atoms with Gasteiger partial charge < -0.3 is 10.4 Å². The summed E-state index contributed by atoms with van der Waals surface area (Å²) in [6, 6.07) is 22.3. The van der Waals surface area contributed by atoms with Gasteiger partial charge in [-0.2, -0.15) is 0 Å². The van der Waals surface area contributed by atoms with Gasteiger partial charge in [-0.05, 0) is 35.7 Å². The number of carboxylic acid groups (broad SMARTS) is 1. The minimum Gasteiger partial charge on any atom is -0.478 e. The zero-order valence-corrected chi connectivity index (χ0v) is 19.0. The molecule has 9 heteroatoms. The summed E-state index contributed by atoms with van der Waals surface area (Å²) in [6.45, 7) is 0. The van der Waals surface area contributed by atoms with Crippen molar-refractivity contribution in [1.82, 2.24) is 0 Å². The van der Waals surface area contributed by atoms with Gasteiger partial charge >= 0.3 is 5.97 Å².